The molecule has 0 amide bonds. The van der Waals surface area contributed by atoms with Crippen LogP contribution < -0.4 is 11.5 Å². The van der Waals surface area contributed by atoms with Gasteiger partial charge >= 0.3 is 0 Å². The first-order chi connectivity index (χ1) is 7.10. The predicted molar refractivity (Wildman–Crippen MR) is 67.9 cm³/mol. The molecule has 86 valence electrons. The van der Waals surface area contributed by atoms with E-state index in [1.165, 1.54) is 11.1 Å². The van der Waals surface area contributed by atoms with Gasteiger partial charge in [-0.3, -0.25) is 0 Å². The van der Waals surface area contributed by atoms with Crippen LogP contribution in [0.4, 0.5) is 0 Å². The van der Waals surface area contributed by atoms with E-state index in [0.29, 0.717) is 6.04 Å². The highest BCUT2D eigenvalue weighted by Gasteiger charge is 1.92. The van der Waals surface area contributed by atoms with Gasteiger partial charge in [0, 0.05) is 6.04 Å². The van der Waals surface area contributed by atoms with E-state index in [1.807, 2.05) is 0 Å². The van der Waals surface area contributed by atoms with Gasteiger partial charge in [-0.1, -0.05) is 42.3 Å². The molecule has 1 unspecified atom stereocenters. The average molecular weight is 208 g/mol. The van der Waals surface area contributed by atoms with Gasteiger partial charge in [0.1, 0.15) is 0 Å². The Morgan fingerprint density at radius 2 is 1.73 bits per heavy atom. The molecule has 0 aliphatic carbocycles. The monoisotopic (exact) mass is 208 g/mol. The van der Waals surface area contributed by atoms with Gasteiger partial charge in [0.15, 0.2) is 0 Å². The molecule has 0 aromatic heterocycles. The van der Waals surface area contributed by atoms with Crippen molar-refractivity contribution in [2.75, 3.05) is 6.54 Å². The van der Waals surface area contributed by atoms with Crippen LogP contribution in [0.3, 0.4) is 0 Å². The van der Waals surface area contributed by atoms with Gasteiger partial charge < -0.3 is 11.5 Å². The van der Waals surface area contributed by atoms with Gasteiger partial charge in [0.25, 0.3) is 0 Å². The summed E-state index contributed by atoms with van der Waals surface area (Å²) in [4.78, 5) is 0. The van der Waals surface area contributed by atoms with Crippen LogP contribution in [0.1, 0.15) is 30.9 Å². The topological polar surface area (TPSA) is 52.0 Å². The second-order valence-electron chi connectivity index (χ2n) is 3.90. The maximum absolute atomic E-state index is 5.50. The summed E-state index contributed by atoms with van der Waals surface area (Å²) in [5.74, 6) is 0. The third-order valence-corrected chi connectivity index (χ3v) is 2.24. The van der Waals surface area contributed by atoms with Crippen LogP contribution in [0.2, 0.25) is 0 Å². The Morgan fingerprint density at radius 3 is 1.93 bits per heavy atom. The molecule has 1 rings (SSSR count). The van der Waals surface area contributed by atoms with Crippen LogP contribution in [0.5, 0.6) is 0 Å². The molecule has 0 saturated heterocycles. The van der Waals surface area contributed by atoms with Crippen LogP contribution in [-0.2, 0) is 0 Å². The SMILES string of the molecule is CCC(N)CCN.Cc1cccc(C)c1. The van der Waals surface area contributed by atoms with E-state index in [4.69, 9.17) is 11.5 Å². The summed E-state index contributed by atoms with van der Waals surface area (Å²) < 4.78 is 0. The lowest BCUT2D eigenvalue weighted by Gasteiger charge is -2.03. The van der Waals surface area contributed by atoms with E-state index in [9.17, 15) is 0 Å². The molecule has 15 heavy (non-hydrogen) atoms. The Labute approximate surface area is 93.7 Å². The largest absolute Gasteiger partial charge is 0.330 e. The number of aryl methyl sites for hydroxylation is 2. The van der Waals surface area contributed by atoms with E-state index < -0.39 is 0 Å². The number of hydrogen-bond donors (Lipinski definition) is 2. The Balaban J connectivity index is 0.000000265. The van der Waals surface area contributed by atoms with Crippen molar-refractivity contribution in [3.8, 4) is 0 Å². The average Bonchev–Trinajstić information content (AvgIpc) is 2.18. The summed E-state index contributed by atoms with van der Waals surface area (Å²) in [5.41, 5.74) is 13.4. The molecule has 4 N–H and O–H groups in total. The molecule has 1 aromatic rings. The number of nitrogens with two attached hydrogens (primary N) is 2. The molecule has 0 heterocycles. The number of rotatable bonds is 3. The normalized spacial score (nSPS) is 11.5. The molecule has 0 saturated carbocycles. The van der Waals surface area contributed by atoms with Gasteiger partial charge in [0.2, 0.25) is 0 Å². The lowest BCUT2D eigenvalue weighted by Crippen LogP contribution is -2.22. The lowest BCUT2D eigenvalue weighted by molar-refractivity contribution is 0.604. The highest BCUT2D eigenvalue weighted by molar-refractivity contribution is 5.20. The summed E-state index contributed by atoms with van der Waals surface area (Å²) >= 11 is 0. The summed E-state index contributed by atoms with van der Waals surface area (Å²) in [5, 5.41) is 0. The second-order valence-corrected chi connectivity index (χ2v) is 3.90. The minimum atomic E-state index is 0.324. The molecule has 0 radical (unpaired) electrons. The first-order valence-electron chi connectivity index (χ1n) is 5.59. The molecule has 2 nitrogen and oxygen atoms in total. The molecular weight excluding hydrogens is 184 g/mol. The second kappa shape index (κ2) is 8.45. The summed E-state index contributed by atoms with van der Waals surface area (Å²) in [6, 6.07) is 8.77. The fraction of sp³-hybridized carbons (Fsp3) is 0.538. The third kappa shape index (κ3) is 8.16. The highest BCUT2D eigenvalue weighted by atomic mass is 14.6. The van der Waals surface area contributed by atoms with E-state index in [2.05, 4.69) is 45.0 Å². The molecule has 0 fully saturated rings. The lowest BCUT2D eigenvalue weighted by atomic mass is 10.2. The minimum absolute atomic E-state index is 0.324. The smallest absolute Gasteiger partial charge is 0.00482 e. The zero-order valence-corrected chi connectivity index (χ0v) is 10.2. The van der Waals surface area contributed by atoms with E-state index in [-0.39, 0.29) is 0 Å². The maximum Gasteiger partial charge on any atom is 0.00482 e. The van der Waals surface area contributed by atoms with Gasteiger partial charge in [-0.15, -0.1) is 0 Å². The Morgan fingerprint density at radius 1 is 1.20 bits per heavy atom. The standard InChI is InChI=1S/C8H10.C5H14N2/c1-7-4-3-5-8(2)6-7;1-2-5(7)3-4-6/h3-6H,1-2H3;5H,2-4,6-7H2,1H3. The summed E-state index contributed by atoms with van der Waals surface area (Å²) in [7, 11) is 0. The highest BCUT2D eigenvalue weighted by Crippen LogP contribution is 2.00. The van der Waals surface area contributed by atoms with E-state index >= 15 is 0 Å². The molecule has 0 spiro atoms. The Bertz CT molecular complexity index is 241. The maximum atomic E-state index is 5.50. The van der Waals surface area contributed by atoms with Gasteiger partial charge in [0.05, 0.1) is 0 Å². The van der Waals surface area contributed by atoms with Crippen molar-refractivity contribution < 1.29 is 0 Å². The molecule has 1 atom stereocenters. The first kappa shape index (κ1) is 14.1. The Kier molecular flexibility index (Phi) is 7.96. The Hall–Kier alpha value is -0.860. The molecular formula is C13H24N2. The summed E-state index contributed by atoms with van der Waals surface area (Å²) in [6.45, 7) is 7.00. The number of hydrogen-bond acceptors (Lipinski definition) is 2. The van der Waals surface area contributed by atoms with Crippen molar-refractivity contribution in [2.24, 2.45) is 11.5 Å². The van der Waals surface area contributed by atoms with Crippen LogP contribution in [-0.4, -0.2) is 12.6 Å². The van der Waals surface area contributed by atoms with Gasteiger partial charge in [-0.25, -0.2) is 0 Å². The number of benzene rings is 1. The minimum Gasteiger partial charge on any atom is -0.330 e. The fourth-order valence-electron chi connectivity index (χ4n) is 1.23. The first-order valence-corrected chi connectivity index (χ1v) is 5.59. The van der Waals surface area contributed by atoms with Crippen LogP contribution in [0.25, 0.3) is 0 Å². The molecule has 0 aliphatic rings. The predicted octanol–water partition coefficient (Wildman–Crippen LogP) is 2.38. The van der Waals surface area contributed by atoms with Crippen molar-refractivity contribution in [1.29, 1.82) is 0 Å². The van der Waals surface area contributed by atoms with E-state index in [1.54, 1.807) is 0 Å². The third-order valence-electron chi connectivity index (χ3n) is 2.24. The van der Waals surface area contributed by atoms with Crippen molar-refractivity contribution in [1.82, 2.24) is 0 Å². The van der Waals surface area contributed by atoms with Crippen LogP contribution in [0.15, 0.2) is 24.3 Å². The van der Waals surface area contributed by atoms with Crippen molar-refractivity contribution in [3.05, 3.63) is 35.4 Å². The molecule has 1 aromatic carbocycles. The van der Waals surface area contributed by atoms with Crippen molar-refractivity contribution >= 4 is 0 Å². The van der Waals surface area contributed by atoms with Crippen LogP contribution in [0, 0.1) is 13.8 Å². The van der Waals surface area contributed by atoms with Gasteiger partial charge in [-0.2, -0.15) is 0 Å². The van der Waals surface area contributed by atoms with Crippen LogP contribution >= 0.6 is 0 Å². The quantitative estimate of drug-likeness (QED) is 0.801. The molecule has 2 heteroatoms. The zero-order valence-electron chi connectivity index (χ0n) is 10.2. The summed E-state index contributed by atoms with van der Waals surface area (Å²) in [6.07, 6.45) is 1.99. The fourth-order valence-corrected chi connectivity index (χ4v) is 1.23. The van der Waals surface area contributed by atoms with E-state index in [0.717, 1.165) is 19.4 Å². The van der Waals surface area contributed by atoms with Gasteiger partial charge in [-0.05, 0) is 33.2 Å². The zero-order chi connectivity index (χ0) is 11.7. The van der Waals surface area contributed by atoms with Crippen molar-refractivity contribution in [2.45, 2.75) is 39.7 Å². The molecule has 0 aliphatic heterocycles. The van der Waals surface area contributed by atoms with Crippen molar-refractivity contribution in [3.63, 3.8) is 0 Å². The molecule has 0 bridgehead atoms.